The van der Waals surface area contributed by atoms with Gasteiger partial charge in [0, 0.05) is 26.7 Å². The second kappa shape index (κ2) is 8.47. The maximum Gasteiger partial charge on any atom is 0.339 e. The van der Waals surface area contributed by atoms with Crippen LogP contribution in [0.4, 0.5) is 4.39 Å². The molecule has 0 bridgehead atoms. The molecule has 0 amide bonds. The van der Waals surface area contributed by atoms with E-state index in [0.29, 0.717) is 10.0 Å². The van der Waals surface area contributed by atoms with Crippen LogP contribution >= 0.6 is 27.5 Å². The van der Waals surface area contributed by atoms with Crippen LogP contribution in [0.25, 0.3) is 0 Å². The number of ether oxygens (including phenoxy) is 1. The van der Waals surface area contributed by atoms with Gasteiger partial charge in [0.2, 0.25) is 5.88 Å². The molecule has 2 N–H and O–H groups in total. The number of nitrogens with two attached hydrogens (primary N) is 1. The van der Waals surface area contributed by atoms with Gasteiger partial charge >= 0.3 is 10.1 Å². The summed E-state index contributed by atoms with van der Waals surface area (Å²) in [6.45, 7) is 0. The summed E-state index contributed by atoms with van der Waals surface area (Å²) >= 11 is 9.48. The molecular formula is C22H13BrClFN2O4S. The number of benzene rings is 3. The van der Waals surface area contributed by atoms with E-state index in [-0.39, 0.29) is 38.4 Å². The predicted octanol–water partition coefficient (Wildman–Crippen LogP) is 5.23. The Morgan fingerprint density at radius 2 is 1.88 bits per heavy atom. The van der Waals surface area contributed by atoms with E-state index in [2.05, 4.69) is 15.9 Å². The van der Waals surface area contributed by atoms with Crippen molar-refractivity contribution in [1.82, 2.24) is 0 Å². The summed E-state index contributed by atoms with van der Waals surface area (Å²) in [5, 5.41) is 9.73. The van der Waals surface area contributed by atoms with E-state index in [9.17, 15) is 18.1 Å². The van der Waals surface area contributed by atoms with Gasteiger partial charge in [0.05, 0.1) is 5.92 Å². The highest BCUT2D eigenvalue weighted by atomic mass is 79.9. The molecule has 1 atom stereocenters. The van der Waals surface area contributed by atoms with E-state index < -0.39 is 21.9 Å². The molecular weight excluding hydrogens is 523 g/mol. The predicted molar refractivity (Wildman–Crippen MR) is 119 cm³/mol. The van der Waals surface area contributed by atoms with Gasteiger partial charge in [-0.25, -0.2) is 4.39 Å². The lowest BCUT2D eigenvalue weighted by atomic mass is 9.83. The van der Waals surface area contributed by atoms with Crippen molar-refractivity contribution in [2.24, 2.45) is 5.73 Å². The van der Waals surface area contributed by atoms with Crippen LogP contribution in [0.1, 0.15) is 17.0 Å². The number of hydrogen-bond donors (Lipinski definition) is 1. The number of nitriles is 1. The van der Waals surface area contributed by atoms with Gasteiger partial charge in [0.25, 0.3) is 0 Å². The molecule has 162 valence electrons. The van der Waals surface area contributed by atoms with Crippen molar-refractivity contribution >= 4 is 37.6 Å². The first kappa shape index (κ1) is 22.1. The van der Waals surface area contributed by atoms with Gasteiger partial charge in [-0.2, -0.15) is 13.7 Å². The fourth-order valence-electron chi connectivity index (χ4n) is 3.35. The third kappa shape index (κ3) is 4.05. The van der Waals surface area contributed by atoms with E-state index in [4.69, 9.17) is 26.3 Å². The van der Waals surface area contributed by atoms with Crippen molar-refractivity contribution in [2.45, 2.75) is 10.8 Å². The van der Waals surface area contributed by atoms with Gasteiger partial charge in [0.15, 0.2) is 0 Å². The summed E-state index contributed by atoms with van der Waals surface area (Å²) in [4.78, 5) is -0.0402. The molecule has 6 nitrogen and oxygen atoms in total. The molecule has 3 aromatic carbocycles. The summed E-state index contributed by atoms with van der Waals surface area (Å²) in [7, 11) is -4.12. The van der Waals surface area contributed by atoms with Crippen LogP contribution in [0.2, 0.25) is 5.02 Å². The zero-order valence-corrected chi connectivity index (χ0v) is 19.2. The van der Waals surface area contributed by atoms with E-state index in [1.54, 1.807) is 12.1 Å². The maximum absolute atomic E-state index is 14.7. The first-order valence-electron chi connectivity index (χ1n) is 9.07. The van der Waals surface area contributed by atoms with Gasteiger partial charge in [-0.1, -0.05) is 39.7 Å². The normalized spacial score (nSPS) is 15.5. The molecule has 0 fully saturated rings. The minimum Gasteiger partial charge on any atom is -0.440 e. The van der Waals surface area contributed by atoms with Gasteiger partial charge in [-0.05, 0) is 42.5 Å². The minimum atomic E-state index is -4.12. The van der Waals surface area contributed by atoms with E-state index in [1.165, 1.54) is 48.5 Å². The Labute approximate surface area is 196 Å². The second-order valence-corrected chi connectivity index (χ2v) is 9.62. The third-order valence-electron chi connectivity index (χ3n) is 4.79. The lowest BCUT2D eigenvalue weighted by Gasteiger charge is -2.27. The second-order valence-electron chi connectivity index (χ2n) is 6.75. The lowest BCUT2D eigenvalue weighted by molar-refractivity contribution is 0.390. The SMILES string of the molecule is N#CC1=C(N)Oc2cc(OS(=O)(=O)c3ccc(Br)cc3)ccc2C1c1c(F)cccc1Cl. The summed E-state index contributed by atoms with van der Waals surface area (Å²) in [5.74, 6) is -1.71. The first-order valence-corrected chi connectivity index (χ1v) is 11.6. The summed E-state index contributed by atoms with van der Waals surface area (Å²) in [6.07, 6.45) is 0. The van der Waals surface area contributed by atoms with Crippen LogP contribution in [-0.4, -0.2) is 8.42 Å². The molecule has 1 heterocycles. The fraction of sp³-hybridized carbons (Fsp3) is 0.0455. The first-order chi connectivity index (χ1) is 15.2. The van der Waals surface area contributed by atoms with Crippen molar-refractivity contribution in [3.05, 3.63) is 98.6 Å². The third-order valence-corrected chi connectivity index (χ3v) is 6.91. The lowest BCUT2D eigenvalue weighted by Crippen LogP contribution is -2.22. The number of hydrogen-bond acceptors (Lipinski definition) is 6. The molecule has 0 aliphatic carbocycles. The molecule has 0 saturated heterocycles. The number of allylic oxidation sites excluding steroid dienone is 1. The molecule has 3 aromatic rings. The molecule has 0 aromatic heterocycles. The maximum atomic E-state index is 14.7. The van der Waals surface area contributed by atoms with E-state index in [1.807, 2.05) is 6.07 Å². The molecule has 0 saturated carbocycles. The molecule has 10 heteroatoms. The standard InChI is InChI=1S/C22H13BrClFN2O4S/c23-12-4-7-14(8-5-12)32(28,29)31-13-6-9-15-19(10-13)30-22(27)16(11-26)20(15)21-17(24)2-1-3-18(21)25/h1-10,20H,27H2. The van der Waals surface area contributed by atoms with Crippen molar-refractivity contribution in [2.75, 3.05) is 0 Å². The van der Waals surface area contributed by atoms with Crippen molar-refractivity contribution < 1.29 is 21.7 Å². The number of fused-ring (bicyclic) bond motifs is 1. The minimum absolute atomic E-state index is 0.0133. The van der Waals surface area contributed by atoms with Gasteiger partial charge < -0.3 is 14.7 Å². The van der Waals surface area contributed by atoms with Crippen LogP contribution in [-0.2, 0) is 10.1 Å². The molecule has 4 rings (SSSR count). The molecule has 32 heavy (non-hydrogen) atoms. The van der Waals surface area contributed by atoms with Gasteiger partial charge in [0.1, 0.15) is 33.9 Å². The molecule has 0 spiro atoms. The van der Waals surface area contributed by atoms with Gasteiger partial charge in [-0.15, -0.1) is 0 Å². The topological polar surface area (TPSA) is 102 Å². The van der Waals surface area contributed by atoms with Crippen LogP contribution in [0.15, 0.2) is 81.5 Å². The Morgan fingerprint density at radius 1 is 1.16 bits per heavy atom. The summed E-state index contributed by atoms with van der Waals surface area (Å²) < 4.78 is 51.3. The highest BCUT2D eigenvalue weighted by Gasteiger charge is 2.34. The molecule has 1 unspecified atom stereocenters. The monoisotopic (exact) mass is 534 g/mol. The Morgan fingerprint density at radius 3 is 2.53 bits per heavy atom. The molecule has 1 aliphatic heterocycles. The Kier molecular flexibility index (Phi) is 5.86. The van der Waals surface area contributed by atoms with Crippen molar-refractivity contribution in [3.8, 4) is 17.6 Å². The summed E-state index contributed by atoms with van der Waals surface area (Å²) in [6, 6.07) is 16.2. The highest BCUT2D eigenvalue weighted by molar-refractivity contribution is 9.10. The average Bonchev–Trinajstić information content (AvgIpc) is 2.73. The van der Waals surface area contributed by atoms with E-state index >= 15 is 0 Å². The zero-order chi connectivity index (χ0) is 23.0. The van der Waals surface area contributed by atoms with Crippen LogP contribution in [0.5, 0.6) is 11.5 Å². The quantitative estimate of drug-likeness (QED) is 0.459. The zero-order valence-electron chi connectivity index (χ0n) is 16.1. The van der Waals surface area contributed by atoms with Crippen molar-refractivity contribution in [1.29, 1.82) is 5.26 Å². The Bertz CT molecular complexity index is 1380. The van der Waals surface area contributed by atoms with Gasteiger partial charge in [-0.3, -0.25) is 0 Å². The molecule has 1 aliphatic rings. The Hall–Kier alpha value is -3.06. The van der Waals surface area contributed by atoms with Crippen LogP contribution in [0, 0.1) is 17.1 Å². The van der Waals surface area contributed by atoms with Crippen molar-refractivity contribution in [3.63, 3.8) is 0 Å². The largest absolute Gasteiger partial charge is 0.440 e. The van der Waals surface area contributed by atoms with Crippen LogP contribution in [0.3, 0.4) is 0 Å². The van der Waals surface area contributed by atoms with Crippen LogP contribution < -0.4 is 14.7 Å². The smallest absolute Gasteiger partial charge is 0.339 e. The highest BCUT2D eigenvalue weighted by Crippen LogP contribution is 2.46. The summed E-state index contributed by atoms with van der Waals surface area (Å²) in [5.41, 5.74) is 6.36. The Balaban J connectivity index is 1.77. The molecule has 0 radical (unpaired) electrons. The number of rotatable bonds is 4. The number of nitrogens with zero attached hydrogens (tertiary/aromatic N) is 1. The van der Waals surface area contributed by atoms with E-state index in [0.717, 1.165) is 0 Å². The number of halogens is 3. The average molecular weight is 536 g/mol. The fourth-order valence-corrected chi connectivity index (χ4v) is 4.81.